The van der Waals surface area contributed by atoms with Gasteiger partial charge in [0.2, 0.25) is 5.91 Å². The van der Waals surface area contributed by atoms with Crippen LogP contribution in [0.25, 0.3) is 0 Å². The van der Waals surface area contributed by atoms with Crippen molar-refractivity contribution in [2.45, 2.75) is 11.8 Å². The van der Waals surface area contributed by atoms with E-state index in [9.17, 15) is 22.0 Å². The molecule has 31 heavy (non-hydrogen) atoms. The summed E-state index contributed by atoms with van der Waals surface area (Å²) >= 11 is 12.2. The molecule has 10 heteroatoms. The number of halogens is 4. The number of sulfonamides is 1. The van der Waals surface area contributed by atoms with Crippen LogP contribution >= 0.6 is 23.2 Å². The number of nitrogens with zero attached hydrogens (tertiary/aromatic N) is 1. The van der Waals surface area contributed by atoms with Gasteiger partial charge in [0.05, 0.1) is 21.3 Å². The Bertz CT molecular complexity index is 1240. The van der Waals surface area contributed by atoms with Crippen LogP contribution in [-0.4, -0.2) is 20.9 Å². The van der Waals surface area contributed by atoms with Gasteiger partial charge in [-0.15, -0.1) is 0 Å². The first-order valence-electron chi connectivity index (χ1n) is 8.87. The van der Waals surface area contributed by atoms with Crippen LogP contribution < -0.4 is 9.62 Å². The number of rotatable bonds is 6. The Balaban J connectivity index is 2.00. The standard InChI is InChI=1S/C21H16Cl2F2N2O3S/c1-13-2-6-16(7-3-13)31(29,30)27(20-10-14(22)4-8-17(20)23)12-21(28)26-19-9-5-15(24)11-18(19)25/h2-11H,12H2,1H3,(H,26,28). The van der Waals surface area contributed by atoms with Gasteiger partial charge in [0.1, 0.15) is 18.2 Å². The first kappa shape index (κ1) is 23.0. The van der Waals surface area contributed by atoms with Crippen molar-refractivity contribution in [2.24, 2.45) is 0 Å². The number of nitrogens with one attached hydrogen (secondary N) is 1. The summed E-state index contributed by atoms with van der Waals surface area (Å²) in [6, 6.07) is 12.8. The lowest BCUT2D eigenvalue weighted by atomic mass is 10.2. The second kappa shape index (κ2) is 9.21. The lowest BCUT2D eigenvalue weighted by Gasteiger charge is -2.25. The first-order valence-corrected chi connectivity index (χ1v) is 11.1. The number of carbonyl (C=O) groups is 1. The van der Waals surface area contributed by atoms with Crippen molar-refractivity contribution < 1.29 is 22.0 Å². The van der Waals surface area contributed by atoms with E-state index in [0.717, 1.165) is 22.0 Å². The summed E-state index contributed by atoms with van der Waals surface area (Å²) in [6.07, 6.45) is 0. The van der Waals surface area contributed by atoms with E-state index in [1.165, 1.54) is 30.3 Å². The van der Waals surface area contributed by atoms with Crippen molar-refractivity contribution in [3.05, 3.63) is 87.9 Å². The smallest absolute Gasteiger partial charge is 0.264 e. The molecule has 0 spiro atoms. The zero-order valence-electron chi connectivity index (χ0n) is 16.1. The molecule has 3 aromatic rings. The van der Waals surface area contributed by atoms with Gasteiger partial charge in [-0.3, -0.25) is 9.10 Å². The maximum atomic E-state index is 13.9. The topological polar surface area (TPSA) is 66.5 Å². The van der Waals surface area contributed by atoms with Crippen molar-refractivity contribution in [2.75, 3.05) is 16.2 Å². The minimum Gasteiger partial charge on any atom is -0.322 e. The Kier molecular flexibility index (Phi) is 6.83. The van der Waals surface area contributed by atoms with Crippen LogP contribution in [0, 0.1) is 18.6 Å². The lowest BCUT2D eigenvalue weighted by molar-refractivity contribution is -0.114. The van der Waals surface area contributed by atoms with Crippen LogP contribution in [0.3, 0.4) is 0 Å². The minimum absolute atomic E-state index is 0.0236. The van der Waals surface area contributed by atoms with Crippen LogP contribution in [0.15, 0.2) is 65.6 Å². The molecule has 0 aliphatic rings. The monoisotopic (exact) mass is 484 g/mol. The number of hydrogen-bond acceptors (Lipinski definition) is 3. The molecule has 0 saturated carbocycles. The largest absolute Gasteiger partial charge is 0.322 e. The van der Waals surface area contributed by atoms with Crippen molar-refractivity contribution >= 4 is 50.5 Å². The molecule has 0 atom stereocenters. The normalized spacial score (nSPS) is 11.3. The van der Waals surface area contributed by atoms with Crippen molar-refractivity contribution in [3.8, 4) is 0 Å². The molecule has 0 bridgehead atoms. The molecular formula is C21H16Cl2F2N2O3S. The number of amides is 1. The summed E-state index contributed by atoms with van der Waals surface area (Å²) in [7, 11) is -4.24. The molecule has 1 N–H and O–H groups in total. The maximum absolute atomic E-state index is 13.9. The Hall–Kier alpha value is -2.68. The predicted molar refractivity (Wildman–Crippen MR) is 117 cm³/mol. The van der Waals surface area contributed by atoms with E-state index in [2.05, 4.69) is 5.32 Å². The molecule has 0 saturated heterocycles. The summed E-state index contributed by atoms with van der Waals surface area (Å²) in [5, 5.41) is 2.49. The van der Waals surface area contributed by atoms with E-state index in [4.69, 9.17) is 23.2 Å². The minimum atomic E-state index is -4.24. The van der Waals surface area contributed by atoms with Crippen molar-refractivity contribution in [3.63, 3.8) is 0 Å². The summed E-state index contributed by atoms with van der Waals surface area (Å²) in [5.74, 6) is -2.68. The van der Waals surface area contributed by atoms with Gasteiger partial charge in [-0.05, 0) is 49.4 Å². The van der Waals surface area contributed by atoms with Crippen LogP contribution in [0.4, 0.5) is 20.2 Å². The second-order valence-electron chi connectivity index (χ2n) is 6.59. The first-order chi connectivity index (χ1) is 14.6. The average molecular weight is 485 g/mol. The Labute approximate surface area is 188 Å². The molecule has 0 aliphatic heterocycles. The van der Waals surface area contributed by atoms with Gasteiger partial charge in [0, 0.05) is 11.1 Å². The fourth-order valence-corrected chi connectivity index (χ4v) is 4.59. The van der Waals surface area contributed by atoms with Gasteiger partial charge in [0.25, 0.3) is 10.0 Å². The van der Waals surface area contributed by atoms with Crippen LogP contribution in [-0.2, 0) is 14.8 Å². The maximum Gasteiger partial charge on any atom is 0.264 e. The number of carbonyl (C=O) groups excluding carboxylic acids is 1. The molecule has 0 aliphatic carbocycles. The third-order valence-corrected chi connectivity index (χ3v) is 6.61. The lowest BCUT2D eigenvalue weighted by Crippen LogP contribution is -2.38. The van der Waals surface area contributed by atoms with Gasteiger partial charge in [-0.1, -0.05) is 40.9 Å². The van der Waals surface area contributed by atoms with E-state index in [1.807, 2.05) is 0 Å². The molecule has 5 nitrogen and oxygen atoms in total. The summed E-state index contributed by atoms with van der Waals surface area (Å²) < 4.78 is 54.4. The van der Waals surface area contributed by atoms with Crippen molar-refractivity contribution in [1.29, 1.82) is 0 Å². The number of anilines is 2. The third-order valence-electron chi connectivity index (χ3n) is 4.28. The van der Waals surface area contributed by atoms with E-state index < -0.39 is 34.1 Å². The third kappa shape index (κ3) is 5.33. The molecule has 3 rings (SSSR count). The highest BCUT2D eigenvalue weighted by molar-refractivity contribution is 7.92. The molecule has 0 radical (unpaired) electrons. The molecule has 162 valence electrons. The Morgan fingerprint density at radius 3 is 2.32 bits per heavy atom. The summed E-state index contributed by atoms with van der Waals surface area (Å²) in [4.78, 5) is 12.5. The van der Waals surface area contributed by atoms with Gasteiger partial charge in [-0.25, -0.2) is 17.2 Å². The number of hydrogen-bond donors (Lipinski definition) is 1. The van der Waals surface area contributed by atoms with Crippen molar-refractivity contribution in [1.82, 2.24) is 0 Å². The molecule has 0 heterocycles. The second-order valence-corrected chi connectivity index (χ2v) is 9.30. The van der Waals surface area contributed by atoms with E-state index >= 15 is 0 Å². The molecule has 0 aromatic heterocycles. The van der Waals surface area contributed by atoms with Gasteiger partial charge < -0.3 is 5.32 Å². The zero-order chi connectivity index (χ0) is 22.8. The average Bonchev–Trinajstić information content (AvgIpc) is 2.70. The SMILES string of the molecule is Cc1ccc(S(=O)(=O)N(CC(=O)Nc2ccc(F)cc2F)c2cc(Cl)ccc2Cl)cc1. The highest BCUT2D eigenvalue weighted by atomic mass is 35.5. The van der Waals surface area contributed by atoms with E-state index in [-0.39, 0.29) is 26.3 Å². The fourth-order valence-electron chi connectivity index (χ4n) is 2.73. The zero-order valence-corrected chi connectivity index (χ0v) is 18.4. The number of benzene rings is 3. The van der Waals surface area contributed by atoms with Gasteiger partial charge in [-0.2, -0.15) is 0 Å². The van der Waals surface area contributed by atoms with Crippen LogP contribution in [0.2, 0.25) is 10.0 Å². The quantitative estimate of drug-likeness (QED) is 0.508. The van der Waals surface area contributed by atoms with E-state index in [1.54, 1.807) is 19.1 Å². The fraction of sp³-hybridized carbons (Fsp3) is 0.0952. The highest BCUT2D eigenvalue weighted by Crippen LogP contribution is 2.33. The molecule has 0 fully saturated rings. The van der Waals surface area contributed by atoms with Crippen LogP contribution in [0.1, 0.15) is 5.56 Å². The van der Waals surface area contributed by atoms with Gasteiger partial charge in [0.15, 0.2) is 0 Å². The Morgan fingerprint density at radius 2 is 1.68 bits per heavy atom. The highest BCUT2D eigenvalue weighted by Gasteiger charge is 2.29. The van der Waals surface area contributed by atoms with Gasteiger partial charge >= 0.3 is 0 Å². The number of aryl methyl sites for hydroxylation is 1. The molecule has 3 aromatic carbocycles. The predicted octanol–water partition coefficient (Wildman–Crippen LogP) is 5.41. The summed E-state index contributed by atoms with van der Waals surface area (Å²) in [6.45, 7) is 1.07. The van der Waals surface area contributed by atoms with E-state index in [0.29, 0.717) is 6.07 Å². The van der Waals surface area contributed by atoms with Crippen LogP contribution in [0.5, 0.6) is 0 Å². The molecule has 0 unspecified atom stereocenters. The summed E-state index contributed by atoms with van der Waals surface area (Å²) in [5.41, 5.74) is 0.525. The molecule has 1 amide bonds. The Morgan fingerprint density at radius 1 is 1.00 bits per heavy atom. The molecular weight excluding hydrogens is 469 g/mol.